The summed E-state index contributed by atoms with van der Waals surface area (Å²) in [5, 5.41) is 0. The van der Waals surface area contributed by atoms with Crippen LogP contribution in [0.3, 0.4) is 0 Å². The van der Waals surface area contributed by atoms with Crippen molar-refractivity contribution in [1.29, 1.82) is 0 Å². The molecule has 0 bridgehead atoms. The smallest absolute Gasteiger partial charge is 0.214 e. The third kappa shape index (κ3) is 2.79. The number of nitrogens with two attached hydrogens (primary N) is 1. The Bertz CT molecular complexity index is 359. The molecule has 100 valence electrons. The van der Waals surface area contributed by atoms with Crippen molar-refractivity contribution < 1.29 is 17.9 Å². The molecule has 0 aromatic heterocycles. The van der Waals surface area contributed by atoms with Crippen LogP contribution < -0.4 is 10.5 Å². The molecule has 1 aliphatic heterocycles. The Morgan fingerprint density at radius 1 is 1.53 bits per heavy atom. The first kappa shape index (κ1) is 13.2. The van der Waals surface area contributed by atoms with Gasteiger partial charge in [0.25, 0.3) is 0 Å². The number of methoxy groups -OCH3 is 1. The summed E-state index contributed by atoms with van der Waals surface area (Å²) < 4.78 is 36.4. The van der Waals surface area contributed by atoms with Gasteiger partial charge >= 0.3 is 0 Å². The minimum atomic E-state index is -3.32. The van der Waals surface area contributed by atoms with E-state index >= 15 is 0 Å². The molecule has 0 spiro atoms. The first-order chi connectivity index (χ1) is 8.05. The van der Waals surface area contributed by atoms with E-state index < -0.39 is 10.0 Å². The van der Waals surface area contributed by atoms with E-state index in [-0.39, 0.29) is 30.5 Å². The lowest BCUT2D eigenvalue weighted by atomic mass is 9.69. The molecule has 0 amide bonds. The normalized spacial score (nSPS) is 37.3. The largest absolute Gasteiger partial charge is 0.384 e. The van der Waals surface area contributed by atoms with Crippen molar-refractivity contribution in [2.75, 3.05) is 26.1 Å². The Morgan fingerprint density at radius 3 is 3.00 bits per heavy atom. The lowest BCUT2D eigenvalue weighted by Gasteiger charge is -2.52. The van der Waals surface area contributed by atoms with E-state index in [4.69, 9.17) is 15.2 Å². The van der Waals surface area contributed by atoms with Gasteiger partial charge in [-0.25, -0.2) is 13.1 Å². The van der Waals surface area contributed by atoms with Crippen LogP contribution >= 0.6 is 0 Å². The Hall–Kier alpha value is -0.210. The summed E-state index contributed by atoms with van der Waals surface area (Å²) in [5.41, 5.74) is 5.98. The fraction of sp³-hybridized carbons (Fsp3) is 1.00. The Morgan fingerprint density at radius 2 is 2.29 bits per heavy atom. The van der Waals surface area contributed by atoms with Gasteiger partial charge < -0.3 is 15.2 Å². The van der Waals surface area contributed by atoms with Crippen LogP contribution in [0.15, 0.2) is 0 Å². The molecular formula is C10H20N2O4S. The van der Waals surface area contributed by atoms with Crippen LogP contribution in [0, 0.1) is 5.92 Å². The predicted octanol–water partition coefficient (Wildman–Crippen LogP) is -0.943. The highest BCUT2D eigenvalue weighted by Gasteiger charge is 2.51. The molecule has 3 N–H and O–H groups in total. The molecule has 4 atom stereocenters. The summed E-state index contributed by atoms with van der Waals surface area (Å²) in [5.74, 6) is 0.267. The van der Waals surface area contributed by atoms with Gasteiger partial charge in [0, 0.05) is 25.7 Å². The molecular weight excluding hydrogens is 244 g/mol. The monoisotopic (exact) mass is 264 g/mol. The van der Waals surface area contributed by atoms with Gasteiger partial charge in [0.05, 0.1) is 24.5 Å². The van der Waals surface area contributed by atoms with Crippen LogP contribution in [-0.2, 0) is 19.5 Å². The molecule has 1 aliphatic carbocycles. The highest BCUT2D eigenvalue weighted by Crippen LogP contribution is 2.37. The van der Waals surface area contributed by atoms with Gasteiger partial charge in [-0.1, -0.05) is 0 Å². The zero-order valence-electron chi connectivity index (χ0n) is 9.96. The minimum absolute atomic E-state index is 0.0376. The molecule has 2 aliphatic rings. The highest BCUT2D eigenvalue weighted by molar-refractivity contribution is 7.89. The number of hydrogen-bond acceptors (Lipinski definition) is 5. The third-order valence-electron chi connectivity index (χ3n) is 3.55. The second-order valence-corrected chi connectivity index (χ2v) is 6.55. The van der Waals surface area contributed by atoms with Crippen LogP contribution in [0.25, 0.3) is 0 Å². The topological polar surface area (TPSA) is 90.7 Å². The summed E-state index contributed by atoms with van der Waals surface area (Å²) in [6.07, 6.45) is 2.00. The predicted molar refractivity (Wildman–Crippen MR) is 63.0 cm³/mol. The molecule has 1 saturated heterocycles. The molecule has 0 aromatic rings. The summed E-state index contributed by atoms with van der Waals surface area (Å²) >= 11 is 0. The van der Waals surface area contributed by atoms with E-state index in [1.54, 1.807) is 0 Å². The molecule has 1 heterocycles. The van der Waals surface area contributed by atoms with Crippen LogP contribution in [0.5, 0.6) is 0 Å². The number of rotatable bonds is 5. The number of hydrogen-bond donors (Lipinski definition) is 2. The SMILES string of the molecule is COCCS(=O)(=O)NC1C(N)C2CCCOC21. The first-order valence-electron chi connectivity index (χ1n) is 5.91. The first-order valence-corrected chi connectivity index (χ1v) is 7.56. The molecule has 0 radical (unpaired) electrons. The Kier molecular flexibility index (Phi) is 4.04. The molecule has 2 rings (SSSR count). The average molecular weight is 264 g/mol. The van der Waals surface area contributed by atoms with Crippen LogP contribution in [0.4, 0.5) is 0 Å². The van der Waals surface area contributed by atoms with Gasteiger partial charge in [0.1, 0.15) is 0 Å². The lowest BCUT2D eigenvalue weighted by Crippen LogP contribution is -2.72. The summed E-state index contributed by atoms with van der Waals surface area (Å²) in [6, 6.07) is -0.403. The number of nitrogens with one attached hydrogen (secondary N) is 1. The van der Waals surface area contributed by atoms with E-state index in [9.17, 15) is 8.42 Å². The zero-order chi connectivity index (χ0) is 12.5. The summed E-state index contributed by atoms with van der Waals surface area (Å²) in [4.78, 5) is 0. The Balaban J connectivity index is 1.91. The van der Waals surface area contributed by atoms with E-state index in [1.165, 1.54) is 7.11 Å². The van der Waals surface area contributed by atoms with Gasteiger partial charge in [0.15, 0.2) is 0 Å². The van der Waals surface area contributed by atoms with Crippen molar-refractivity contribution in [1.82, 2.24) is 4.72 Å². The fourth-order valence-corrected chi connectivity index (χ4v) is 3.76. The van der Waals surface area contributed by atoms with Crippen molar-refractivity contribution in [2.45, 2.75) is 31.0 Å². The average Bonchev–Trinajstić information content (AvgIpc) is 2.33. The van der Waals surface area contributed by atoms with Crippen molar-refractivity contribution in [3.63, 3.8) is 0 Å². The molecule has 7 heteroatoms. The summed E-state index contributed by atoms with van der Waals surface area (Å²) in [6.45, 7) is 0.885. The van der Waals surface area contributed by atoms with Crippen molar-refractivity contribution in [3.05, 3.63) is 0 Å². The fourth-order valence-electron chi connectivity index (χ4n) is 2.55. The van der Waals surface area contributed by atoms with Crippen LogP contribution in [0.2, 0.25) is 0 Å². The molecule has 6 nitrogen and oxygen atoms in total. The molecule has 0 aromatic carbocycles. The van der Waals surface area contributed by atoms with Gasteiger partial charge in [-0.05, 0) is 12.8 Å². The number of fused-ring (bicyclic) bond motifs is 1. The second-order valence-electron chi connectivity index (χ2n) is 4.67. The maximum atomic E-state index is 11.7. The molecule has 17 heavy (non-hydrogen) atoms. The molecule has 2 fully saturated rings. The van der Waals surface area contributed by atoms with Crippen LogP contribution in [0.1, 0.15) is 12.8 Å². The van der Waals surface area contributed by atoms with E-state index in [0.29, 0.717) is 12.5 Å². The number of ether oxygens (including phenoxy) is 2. The zero-order valence-corrected chi connectivity index (χ0v) is 10.8. The van der Waals surface area contributed by atoms with Crippen LogP contribution in [-0.4, -0.2) is 52.7 Å². The Labute approximate surface area is 102 Å². The molecule has 1 saturated carbocycles. The van der Waals surface area contributed by atoms with Gasteiger partial charge in [-0.3, -0.25) is 0 Å². The van der Waals surface area contributed by atoms with Crippen molar-refractivity contribution in [2.24, 2.45) is 11.7 Å². The second kappa shape index (κ2) is 5.19. The molecule has 4 unspecified atom stereocenters. The maximum absolute atomic E-state index is 11.7. The highest BCUT2D eigenvalue weighted by atomic mass is 32.2. The van der Waals surface area contributed by atoms with Crippen molar-refractivity contribution in [3.8, 4) is 0 Å². The standard InChI is InChI=1S/C10H20N2O4S/c1-15-5-6-17(13,14)12-9-8(11)7-3-2-4-16-10(7)9/h7-10,12H,2-6,11H2,1H3. The maximum Gasteiger partial charge on any atom is 0.214 e. The van der Waals surface area contributed by atoms with Gasteiger partial charge in [-0.15, -0.1) is 0 Å². The lowest BCUT2D eigenvalue weighted by molar-refractivity contribution is -0.114. The van der Waals surface area contributed by atoms with E-state index in [1.807, 2.05) is 0 Å². The van der Waals surface area contributed by atoms with Gasteiger partial charge in [0.2, 0.25) is 10.0 Å². The summed E-state index contributed by atoms with van der Waals surface area (Å²) in [7, 11) is -1.85. The van der Waals surface area contributed by atoms with E-state index in [2.05, 4.69) is 4.72 Å². The van der Waals surface area contributed by atoms with E-state index in [0.717, 1.165) is 12.8 Å². The quantitative estimate of drug-likeness (QED) is 0.668. The number of sulfonamides is 1. The minimum Gasteiger partial charge on any atom is -0.384 e. The third-order valence-corrected chi connectivity index (χ3v) is 4.88. The van der Waals surface area contributed by atoms with Gasteiger partial charge in [-0.2, -0.15) is 0 Å². The van der Waals surface area contributed by atoms with Crippen molar-refractivity contribution >= 4 is 10.0 Å².